The second kappa shape index (κ2) is 6.19. The van der Waals surface area contributed by atoms with Gasteiger partial charge in [-0.2, -0.15) is 4.98 Å². The number of benzene rings is 1. The summed E-state index contributed by atoms with van der Waals surface area (Å²) in [6, 6.07) is 5.00. The van der Waals surface area contributed by atoms with Gasteiger partial charge in [-0.1, -0.05) is 40.5 Å². The normalized spacial score (nSPS) is 12.4. The summed E-state index contributed by atoms with van der Waals surface area (Å²) in [5.41, 5.74) is 6.63. The maximum atomic E-state index is 6.09. The molecule has 19 heavy (non-hydrogen) atoms. The largest absolute Gasteiger partial charge is 0.338 e. The zero-order chi connectivity index (χ0) is 13.8. The van der Waals surface area contributed by atoms with E-state index in [2.05, 4.69) is 16.7 Å². The van der Waals surface area contributed by atoms with Gasteiger partial charge < -0.3 is 10.3 Å². The van der Waals surface area contributed by atoms with Crippen molar-refractivity contribution < 1.29 is 4.52 Å². The van der Waals surface area contributed by atoms with Gasteiger partial charge in [0.2, 0.25) is 5.89 Å². The number of nitrogens with two attached hydrogens (primary N) is 1. The highest BCUT2D eigenvalue weighted by molar-refractivity contribution is 6.36. The lowest BCUT2D eigenvalue weighted by molar-refractivity contribution is 0.352. The van der Waals surface area contributed by atoms with Crippen molar-refractivity contribution in [2.45, 2.75) is 18.9 Å². The lowest BCUT2D eigenvalue weighted by Gasteiger charge is -2.03. The summed E-state index contributed by atoms with van der Waals surface area (Å²) in [6.45, 7) is 3.62. The Hall–Kier alpha value is -1.36. The number of rotatable bonds is 5. The Morgan fingerprint density at radius 3 is 2.68 bits per heavy atom. The fourth-order valence-corrected chi connectivity index (χ4v) is 2.16. The Bertz CT molecular complexity index is 563. The molecule has 0 aliphatic carbocycles. The highest BCUT2D eigenvalue weighted by Crippen LogP contribution is 2.26. The first-order valence-corrected chi connectivity index (χ1v) is 6.49. The van der Waals surface area contributed by atoms with Gasteiger partial charge in [-0.05, 0) is 24.1 Å². The molecule has 0 radical (unpaired) electrons. The second-order valence-electron chi connectivity index (χ2n) is 4.06. The molecule has 4 nitrogen and oxygen atoms in total. The zero-order valence-corrected chi connectivity index (χ0v) is 11.7. The molecule has 1 unspecified atom stereocenters. The molecule has 2 rings (SSSR count). The molecule has 100 valence electrons. The molecule has 1 aromatic carbocycles. The summed E-state index contributed by atoms with van der Waals surface area (Å²) in [6.07, 6.45) is 2.69. The summed E-state index contributed by atoms with van der Waals surface area (Å²) in [7, 11) is 0. The van der Waals surface area contributed by atoms with Crippen molar-refractivity contribution in [3.05, 3.63) is 58.2 Å². The molecule has 1 aromatic heterocycles. The van der Waals surface area contributed by atoms with Crippen LogP contribution in [-0.4, -0.2) is 10.1 Å². The van der Waals surface area contributed by atoms with Crippen LogP contribution in [0.5, 0.6) is 0 Å². The molecule has 0 bridgehead atoms. The quantitative estimate of drug-likeness (QED) is 0.857. The van der Waals surface area contributed by atoms with Crippen LogP contribution in [0, 0.1) is 0 Å². The average molecular weight is 298 g/mol. The van der Waals surface area contributed by atoms with Gasteiger partial charge in [0.05, 0.1) is 6.04 Å². The van der Waals surface area contributed by atoms with Gasteiger partial charge in [0.25, 0.3) is 0 Å². The van der Waals surface area contributed by atoms with Crippen molar-refractivity contribution in [3.63, 3.8) is 0 Å². The smallest absolute Gasteiger partial charge is 0.243 e. The number of hydrogen-bond donors (Lipinski definition) is 1. The van der Waals surface area contributed by atoms with Gasteiger partial charge >= 0.3 is 0 Å². The van der Waals surface area contributed by atoms with Crippen LogP contribution in [0.3, 0.4) is 0 Å². The maximum absolute atomic E-state index is 6.09. The first-order chi connectivity index (χ1) is 9.11. The highest BCUT2D eigenvalue weighted by Gasteiger charge is 2.15. The minimum atomic E-state index is -0.333. The first kappa shape index (κ1) is 14.1. The van der Waals surface area contributed by atoms with Crippen LogP contribution in [0.4, 0.5) is 0 Å². The van der Waals surface area contributed by atoms with Gasteiger partial charge in [0, 0.05) is 16.5 Å². The molecule has 2 N–H and O–H groups in total. The first-order valence-electron chi connectivity index (χ1n) is 5.73. The molecular weight excluding hydrogens is 285 g/mol. The fourth-order valence-electron chi connectivity index (χ4n) is 1.63. The summed E-state index contributed by atoms with van der Waals surface area (Å²) >= 11 is 12.2. The molecule has 0 spiro atoms. The van der Waals surface area contributed by atoms with Gasteiger partial charge in [0.1, 0.15) is 0 Å². The third-order valence-electron chi connectivity index (χ3n) is 2.62. The van der Waals surface area contributed by atoms with Gasteiger partial charge in [-0.25, -0.2) is 0 Å². The molecule has 0 aliphatic rings. The van der Waals surface area contributed by atoms with Crippen LogP contribution < -0.4 is 5.73 Å². The minimum Gasteiger partial charge on any atom is -0.338 e. The fraction of sp³-hybridized carbons (Fsp3) is 0.231. The standard InChI is InChI=1S/C13H13Cl2N3O/c1-2-4-11(16)13-17-12(18-19-13)7-8-9(14)5-3-6-10(8)15/h2-3,5-6,11H,1,4,7,16H2. The molecule has 0 fully saturated rings. The van der Waals surface area contributed by atoms with Crippen molar-refractivity contribution >= 4 is 23.2 Å². The summed E-state index contributed by atoms with van der Waals surface area (Å²) in [5.74, 6) is 0.891. The van der Waals surface area contributed by atoms with Crippen LogP contribution in [0.25, 0.3) is 0 Å². The molecule has 0 aliphatic heterocycles. The van der Waals surface area contributed by atoms with Gasteiger partial charge in [-0.15, -0.1) is 6.58 Å². The van der Waals surface area contributed by atoms with E-state index >= 15 is 0 Å². The minimum absolute atomic E-state index is 0.333. The Morgan fingerprint density at radius 2 is 2.05 bits per heavy atom. The van der Waals surface area contributed by atoms with Crippen molar-refractivity contribution in [2.24, 2.45) is 5.73 Å². The third-order valence-corrected chi connectivity index (χ3v) is 3.33. The zero-order valence-electron chi connectivity index (χ0n) is 10.1. The SMILES string of the molecule is C=CCC(N)c1nc(Cc2c(Cl)cccc2Cl)no1. The predicted molar refractivity (Wildman–Crippen MR) is 75.3 cm³/mol. The van der Waals surface area contributed by atoms with Crippen LogP contribution in [0.2, 0.25) is 10.0 Å². The van der Waals surface area contributed by atoms with Crippen LogP contribution in [0.15, 0.2) is 35.4 Å². The second-order valence-corrected chi connectivity index (χ2v) is 4.87. The third kappa shape index (κ3) is 3.35. The number of hydrogen-bond acceptors (Lipinski definition) is 4. The Morgan fingerprint density at radius 1 is 1.37 bits per heavy atom. The topological polar surface area (TPSA) is 64.9 Å². The van der Waals surface area contributed by atoms with E-state index in [9.17, 15) is 0 Å². The van der Waals surface area contributed by atoms with E-state index in [1.165, 1.54) is 0 Å². The molecular formula is C13H13Cl2N3O. The van der Waals surface area contributed by atoms with E-state index in [1.807, 2.05) is 0 Å². The average Bonchev–Trinajstić information content (AvgIpc) is 2.83. The van der Waals surface area contributed by atoms with Crippen LogP contribution >= 0.6 is 23.2 Å². The number of halogens is 2. The number of nitrogens with zero attached hydrogens (tertiary/aromatic N) is 2. The lowest BCUT2D eigenvalue weighted by atomic mass is 10.1. The molecule has 2 aromatic rings. The Kier molecular flexibility index (Phi) is 4.58. The molecule has 1 atom stereocenters. The summed E-state index contributed by atoms with van der Waals surface area (Å²) in [4.78, 5) is 4.24. The van der Waals surface area contributed by atoms with E-state index in [-0.39, 0.29) is 6.04 Å². The summed E-state index contributed by atoms with van der Waals surface area (Å²) < 4.78 is 5.11. The summed E-state index contributed by atoms with van der Waals surface area (Å²) in [5, 5.41) is 5.04. The van der Waals surface area contributed by atoms with Gasteiger partial charge in [-0.3, -0.25) is 0 Å². The monoisotopic (exact) mass is 297 g/mol. The van der Waals surface area contributed by atoms with E-state index in [4.69, 9.17) is 33.5 Å². The van der Waals surface area contributed by atoms with E-state index in [0.29, 0.717) is 34.6 Å². The van der Waals surface area contributed by atoms with Crippen LogP contribution in [-0.2, 0) is 6.42 Å². The van der Waals surface area contributed by atoms with Crippen molar-refractivity contribution in [1.29, 1.82) is 0 Å². The van der Waals surface area contributed by atoms with Gasteiger partial charge in [0.15, 0.2) is 5.82 Å². The number of aromatic nitrogens is 2. The molecule has 1 heterocycles. The van der Waals surface area contributed by atoms with Crippen molar-refractivity contribution in [1.82, 2.24) is 10.1 Å². The highest BCUT2D eigenvalue weighted by atomic mass is 35.5. The molecule has 0 saturated carbocycles. The van der Waals surface area contributed by atoms with Crippen molar-refractivity contribution in [2.75, 3.05) is 0 Å². The van der Waals surface area contributed by atoms with E-state index in [1.54, 1.807) is 24.3 Å². The molecule has 0 saturated heterocycles. The molecule has 6 heteroatoms. The Balaban J connectivity index is 2.18. The van der Waals surface area contributed by atoms with E-state index in [0.717, 1.165) is 5.56 Å². The van der Waals surface area contributed by atoms with Crippen LogP contribution in [0.1, 0.15) is 29.7 Å². The lowest BCUT2D eigenvalue weighted by Crippen LogP contribution is -2.09. The molecule has 0 amide bonds. The Labute approximate surface area is 121 Å². The van der Waals surface area contributed by atoms with E-state index < -0.39 is 0 Å². The maximum Gasteiger partial charge on any atom is 0.243 e. The predicted octanol–water partition coefficient (Wildman–Crippen LogP) is 3.54. The van der Waals surface area contributed by atoms with Crippen molar-refractivity contribution in [3.8, 4) is 0 Å².